The van der Waals surface area contributed by atoms with Crippen molar-refractivity contribution in [3.63, 3.8) is 0 Å². The molecule has 0 saturated heterocycles. The van der Waals surface area contributed by atoms with Crippen molar-refractivity contribution in [2.45, 2.75) is 32.4 Å². The number of carboxylic acid groups (broad SMARTS) is 1. The minimum absolute atomic E-state index is 0.0538. The summed E-state index contributed by atoms with van der Waals surface area (Å²) in [5.74, 6) is -2.10. The molecule has 0 aliphatic carbocycles. The van der Waals surface area contributed by atoms with Gasteiger partial charge in [-0.15, -0.1) is 0 Å². The number of hydrogen-bond acceptors (Lipinski definition) is 4. The lowest BCUT2D eigenvalue weighted by Gasteiger charge is -2.21. The summed E-state index contributed by atoms with van der Waals surface area (Å²) in [5.41, 5.74) is 4.91. The van der Waals surface area contributed by atoms with E-state index in [1.54, 1.807) is 0 Å². The van der Waals surface area contributed by atoms with E-state index in [4.69, 9.17) is 15.6 Å². The van der Waals surface area contributed by atoms with E-state index in [-0.39, 0.29) is 6.10 Å². The van der Waals surface area contributed by atoms with Gasteiger partial charge in [0.05, 0.1) is 19.1 Å². The van der Waals surface area contributed by atoms with Crippen molar-refractivity contribution in [1.82, 2.24) is 10.2 Å². The molecule has 8 heteroatoms. The molecular weight excluding hydrogens is 254 g/mol. The molecule has 3 amide bonds. The number of rotatable bonds is 8. The Labute approximate surface area is 111 Å². The zero-order chi connectivity index (χ0) is 15.0. The van der Waals surface area contributed by atoms with E-state index in [1.807, 2.05) is 13.8 Å². The fourth-order valence-corrected chi connectivity index (χ4v) is 1.19. The third kappa shape index (κ3) is 7.98. The number of nitrogens with one attached hydrogen (secondary N) is 1. The highest BCUT2D eigenvalue weighted by atomic mass is 16.5. The van der Waals surface area contributed by atoms with Crippen LogP contribution in [0, 0.1) is 0 Å². The van der Waals surface area contributed by atoms with Crippen molar-refractivity contribution < 1.29 is 24.2 Å². The lowest BCUT2D eigenvalue weighted by Crippen LogP contribution is -2.48. The first-order valence-electron chi connectivity index (χ1n) is 5.88. The number of carboxylic acids is 1. The molecule has 0 fully saturated rings. The summed E-state index contributed by atoms with van der Waals surface area (Å²) in [6.45, 7) is 4.39. The molecule has 0 unspecified atom stereocenters. The van der Waals surface area contributed by atoms with E-state index in [0.29, 0.717) is 13.2 Å². The predicted molar refractivity (Wildman–Crippen MR) is 67.5 cm³/mol. The highest BCUT2D eigenvalue weighted by Crippen LogP contribution is 1.95. The van der Waals surface area contributed by atoms with Crippen LogP contribution in [0.1, 0.15) is 20.3 Å². The molecule has 0 bridgehead atoms. The van der Waals surface area contributed by atoms with Gasteiger partial charge in [0.2, 0.25) is 5.91 Å². The predicted octanol–water partition coefficient (Wildman–Crippen LogP) is -0.619. The van der Waals surface area contributed by atoms with Crippen LogP contribution in [0.2, 0.25) is 0 Å². The van der Waals surface area contributed by atoms with Gasteiger partial charge < -0.3 is 25.8 Å². The molecule has 0 rings (SSSR count). The highest BCUT2D eigenvalue weighted by molar-refractivity contribution is 5.87. The van der Waals surface area contributed by atoms with Crippen LogP contribution >= 0.6 is 0 Å². The number of likely N-dealkylation sites (N-methyl/N-ethyl adjacent to an activating group) is 1. The summed E-state index contributed by atoms with van der Waals surface area (Å²) >= 11 is 0. The summed E-state index contributed by atoms with van der Waals surface area (Å²) in [6.07, 6.45) is -0.393. The Bertz CT molecular complexity index is 332. The molecular formula is C11H21N3O5. The Morgan fingerprint density at radius 3 is 2.37 bits per heavy atom. The number of amides is 3. The minimum Gasteiger partial charge on any atom is -0.480 e. The zero-order valence-electron chi connectivity index (χ0n) is 11.4. The van der Waals surface area contributed by atoms with E-state index in [2.05, 4.69) is 5.32 Å². The van der Waals surface area contributed by atoms with Crippen LogP contribution < -0.4 is 11.1 Å². The molecule has 0 heterocycles. The van der Waals surface area contributed by atoms with Gasteiger partial charge >= 0.3 is 12.0 Å². The summed E-state index contributed by atoms with van der Waals surface area (Å²) in [4.78, 5) is 34.5. The molecule has 4 N–H and O–H groups in total. The van der Waals surface area contributed by atoms with Gasteiger partial charge in [0.1, 0.15) is 6.04 Å². The number of primary amides is 1. The molecule has 110 valence electrons. The Morgan fingerprint density at radius 1 is 1.37 bits per heavy atom. The molecule has 0 aromatic heterocycles. The summed E-state index contributed by atoms with van der Waals surface area (Å²) in [5, 5.41) is 11.1. The first-order valence-corrected chi connectivity index (χ1v) is 5.88. The summed E-state index contributed by atoms with van der Waals surface area (Å²) < 4.78 is 5.27. The molecule has 0 spiro atoms. The lowest BCUT2D eigenvalue weighted by atomic mass is 10.2. The van der Waals surface area contributed by atoms with E-state index < -0.39 is 30.4 Å². The van der Waals surface area contributed by atoms with Gasteiger partial charge in [0, 0.05) is 13.6 Å². The summed E-state index contributed by atoms with van der Waals surface area (Å²) in [6, 6.07) is -1.92. The van der Waals surface area contributed by atoms with Gasteiger partial charge in [-0.05, 0) is 13.8 Å². The normalized spacial score (nSPS) is 12.0. The number of carbonyl (C=O) groups is 3. The fourth-order valence-electron chi connectivity index (χ4n) is 1.19. The molecule has 0 radical (unpaired) electrons. The molecule has 8 nitrogen and oxygen atoms in total. The van der Waals surface area contributed by atoms with E-state index in [0.717, 1.165) is 0 Å². The van der Waals surface area contributed by atoms with Gasteiger partial charge in [-0.3, -0.25) is 4.79 Å². The Hall–Kier alpha value is -1.83. The van der Waals surface area contributed by atoms with Crippen LogP contribution in [-0.2, 0) is 14.3 Å². The van der Waals surface area contributed by atoms with Gasteiger partial charge in [-0.25, -0.2) is 9.59 Å². The molecule has 0 aliphatic heterocycles. The van der Waals surface area contributed by atoms with Crippen LogP contribution in [0.3, 0.4) is 0 Å². The number of nitrogens with zero attached hydrogens (tertiary/aromatic N) is 1. The number of aliphatic carboxylic acids is 1. The second kappa shape index (κ2) is 8.30. The third-order valence-corrected chi connectivity index (χ3v) is 2.23. The fraction of sp³-hybridized carbons (Fsp3) is 0.727. The molecule has 0 aromatic rings. The standard InChI is InChI=1S/C11H21N3O5/c1-7(2)19-5-4-14(3)11(18)13-8(10(16)17)6-9(12)15/h7-8H,4-6H2,1-3H3,(H2,12,15)(H,13,18)(H,16,17)/t8-/m0/s1. The maximum absolute atomic E-state index is 11.7. The van der Waals surface area contributed by atoms with Gasteiger partial charge in [0.15, 0.2) is 0 Å². The van der Waals surface area contributed by atoms with Crippen molar-refractivity contribution in [2.75, 3.05) is 20.2 Å². The van der Waals surface area contributed by atoms with Crippen molar-refractivity contribution >= 4 is 17.9 Å². The van der Waals surface area contributed by atoms with Crippen molar-refractivity contribution in [3.8, 4) is 0 Å². The maximum atomic E-state index is 11.7. The third-order valence-electron chi connectivity index (χ3n) is 2.23. The van der Waals surface area contributed by atoms with Crippen LogP contribution in [0.15, 0.2) is 0 Å². The molecule has 0 aliphatic rings. The van der Waals surface area contributed by atoms with E-state index in [1.165, 1.54) is 11.9 Å². The first kappa shape index (κ1) is 17.2. The highest BCUT2D eigenvalue weighted by Gasteiger charge is 2.23. The van der Waals surface area contributed by atoms with Crippen molar-refractivity contribution in [3.05, 3.63) is 0 Å². The van der Waals surface area contributed by atoms with Gasteiger partial charge in [-0.2, -0.15) is 0 Å². The van der Waals surface area contributed by atoms with Crippen molar-refractivity contribution in [1.29, 1.82) is 0 Å². The maximum Gasteiger partial charge on any atom is 0.326 e. The summed E-state index contributed by atoms with van der Waals surface area (Å²) in [7, 11) is 1.50. The van der Waals surface area contributed by atoms with Crippen LogP contribution in [-0.4, -0.2) is 60.3 Å². The smallest absolute Gasteiger partial charge is 0.326 e. The largest absolute Gasteiger partial charge is 0.480 e. The second-order valence-electron chi connectivity index (χ2n) is 4.35. The Morgan fingerprint density at radius 2 is 1.95 bits per heavy atom. The average Bonchev–Trinajstić information content (AvgIpc) is 2.26. The number of ether oxygens (including phenoxy) is 1. The monoisotopic (exact) mass is 275 g/mol. The zero-order valence-corrected chi connectivity index (χ0v) is 11.4. The quantitative estimate of drug-likeness (QED) is 0.545. The molecule has 1 atom stereocenters. The van der Waals surface area contributed by atoms with Crippen LogP contribution in [0.5, 0.6) is 0 Å². The average molecular weight is 275 g/mol. The number of nitrogens with two attached hydrogens (primary N) is 1. The topological polar surface area (TPSA) is 122 Å². The van der Waals surface area contributed by atoms with Crippen LogP contribution in [0.25, 0.3) is 0 Å². The molecule has 19 heavy (non-hydrogen) atoms. The van der Waals surface area contributed by atoms with Crippen LogP contribution in [0.4, 0.5) is 4.79 Å². The van der Waals surface area contributed by atoms with Gasteiger partial charge in [0.25, 0.3) is 0 Å². The number of carbonyl (C=O) groups excluding carboxylic acids is 2. The molecule has 0 saturated carbocycles. The Kier molecular flexibility index (Phi) is 7.50. The Balaban J connectivity index is 4.23. The van der Waals surface area contributed by atoms with Crippen molar-refractivity contribution in [2.24, 2.45) is 5.73 Å². The second-order valence-corrected chi connectivity index (χ2v) is 4.35. The first-order chi connectivity index (χ1) is 8.73. The van der Waals surface area contributed by atoms with E-state index in [9.17, 15) is 14.4 Å². The number of urea groups is 1. The number of hydrogen-bond donors (Lipinski definition) is 3. The molecule has 0 aromatic carbocycles. The lowest BCUT2D eigenvalue weighted by molar-refractivity contribution is -0.140. The van der Waals surface area contributed by atoms with Gasteiger partial charge in [-0.1, -0.05) is 0 Å². The minimum atomic E-state index is -1.32. The van der Waals surface area contributed by atoms with E-state index >= 15 is 0 Å². The SMILES string of the molecule is CC(C)OCCN(C)C(=O)N[C@@H](CC(N)=O)C(=O)O.